The van der Waals surface area contributed by atoms with Crippen molar-refractivity contribution in [1.82, 2.24) is 14.9 Å². The highest BCUT2D eigenvalue weighted by Gasteiger charge is 2.38. The first-order valence-electron chi connectivity index (χ1n) is 9.48. The maximum absolute atomic E-state index is 13.1. The van der Waals surface area contributed by atoms with Crippen molar-refractivity contribution in [2.75, 3.05) is 24.5 Å². The second-order valence-electron chi connectivity index (χ2n) is 7.24. The van der Waals surface area contributed by atoms with Gasteiger partial charge in [-0.3, -0.25) is 9.59 Å². The van der Waals surface area contributed by atoms with Crippen molar-refractivity contribution in [3.8, 4) is 6.01 Å². The number of benzene rings is 1. The first-order valence-corrected chi connectivity index (χ1v) is 10.7. The van der Waals surface area contributed by atoms with Gasteiger partial charge in [-0.25, -0.2) is 9.97 Å². The van der Waals surface area contributed by atoms with Gasteiger partial charge in [-0.05, 0) is 31.0 Å². The maximum atomic E-state index is 13.1. The largest absolute Gasteiger partial charge is 0.458 e. The Balaban J connectivity index is 1.38. The lowest BCUT2D eigenvalue weighted by Gasteiger charge is -2.33. The van der Waals surface area contributed by atoms with Crippen LogP contribution in [0.25, 0.3) is 0 Å². The Bertz CT molecular complexity index is 911. The topological polar surface area (TPSA) is 75.6 Å². The number of anilines is 1. The number of nitrogens with zero attached hydrogens (tertiary/aromatic N) is 4. The van der Waals surface area contributed by atoms with Gasteiger partial charge in [-0.1, -0.05) is 33.6 Å². The highest BCUT2D eigenvalue weighted by atomic mass is 79.9. The molecule has 2 aliphatic heterocycles. The molecule has 0 aliphatic carbocycles. The van der Waals surface area contributed by atoms with Gasteiger partial charge in [0.25, 0.3) is 0 Å². The van der Waals surface area contributed by atoms with Crippen LogP contribution in [-0.4, -0.2) is 52.4 Å². The molecule has 9 heteroatoms. The monoisotopic (exact) mass is 478 g/mol. The number of rotatable bonds is 4. The molecule has 0 spiro atoms. The Morgan fingerprint density at radius 2 is 2.03 bits per heavy atom. The van der Waals surface area contributed by atoms with E-state index in [0.29, 0.717) is 24.7 Å². The third-order valence-corrected chi connectivity index (χ3v) is 5.84. The van der Waals surface area contributed by atoms with Crippen LogP contribution < -0.4 is 9.64 Å². The minimum atomic E-state index is -0.341. The quantitative estimate of drug-likeness (QED) is 0.672. The number of halogens is 2. The van der Waals surface area contributed by atoms with Crippen molar-refractivity contribution in [3.63, 3.8) is 0 Å². The summed E-state index contributed by atoms with van der Waals surface area (Å²) < 4.78 is 6.72. The summed E-state index contributed by atoms with van der Waals surface area (Å²) in [5.74, 6) is -0.367. The summed E-state index contributed by atoms with van der Waals surface area (Å²) in [5, 5.41) is 0.443. The van der Waals surface area contributed by atoms with Crippen LogP contribution in [0.2, 0.25) is 5.02 Å². The van der Waals surface area contributed by atoms with E-state index in [2.05, 4.69) is 25.9 Å². The van der Waals surface area contributed by atoms with Crippen LogP contribution >= 0.6 is 27.5 Å². The van der Waals surface area contributed by atoms with Crippen molar-refractivity contribution in [2.45, 2.75) is 25.4 Å². The Labute approximate surface area is 182 Å². The summed E-state index contributed by atoms with van der Waals surface area (Å²) in [4.78, 5) is 37.2. The summed E-state index contributed by atoms with van der Waals surface area (Å²) >= 11 is 9.23. The Kier molecular flexibility index (Phi) is 6.01. The molecule has 0 bridgehead atoms. The molecular formula is C20H20BrClN4O3. The molecule has 4 rings (SSSR count). The molecule has 1 aromatic carbocycles. The van der Waals surface area contributed by atoms with E-state index in [1.54, 1.807) is 9.80 Å². The average molecular weight is 480 g/mol. The van der Waals surface area contributed by atoms with E-state index < -0.39 is 0 Å². The number of hydrogen-bond donors (Lipinski definition) is 0. The van der Waals surface area contributed by atoms with Crippen LogP contribution in [0.5, 0.6) is 6.01 Å². The fraction of sp³-hybridized carbons (Fsp3) is 0.400. The molecule has 3 heterocycles. The summed E-state index contributed by atoms with van der Waals surface area (Å²) in [6.07, 6.45) is 4.68. The van der Waals surface area contributed by atoms with Crippen molar-refractivity contribution < 1.29 is 14.3 Å². The molecule has 0 saturated carbocycles. The second kappa shape index (κ2) is 8.67. The van der Waals surface area contributed by atoms with E-state index in [1.807, 2.05) is 24.3 Å². The molecule has 2 amide bonds. The van der Waals surface area contributed by atoms with E-state index in [0.717, 1.165) is 23.0 Å². The minimum Gasteiger partial charge on any atom is -0.458 e. The number of likely N-dealkylation sites (tertiary alicyclic amines) is 1. The number of hydrogen-bond acceptors (Lipinski definition) is 5. The van der Waals surface area contributed by atoms with E-state index >= 15 is 0 Å². The number of piperidine rings is 1. The van der Waals surface area contributed by atoms with Gasteiger partial charge in [0, 0.05) is 29.7 Å². The molecular weight excluding hydrogens is 460 g/mol. The number of carbonyl (C=O) groups is 2. The lowest BCUT2D eigenvalue weighted by molar-refractivity contribution is -0.138. The van der Waals surface area contributed by atoms with Crippen LogP contribution in [0.3, 0.4) is 0 Å². The summed E-state index contributed by atoms with van der Waals surface area (Å²) in [6, 6.07) is 7.82. The molecule has 1 aromatic heterocycles. The van der Waals surface area contributed by atoms with Gasteiger partial charge in [0.1, 0.15) is 6.10 Å². The summed E-state index contributed by atoms with van der Waals surface area (Å²) in [5.41, 5.74) is 0.805. The Morgan fingerprint density at radius 1 is 1.24 bits per heavy atom. The Morgan fingerprint density at radius 3 is 2.79 bits per heavy atom. The number of ether oxygens (including phenoxy) is 1. The standard InChI is InChI=1S/C20H20BrClN4O3/c21-14-3-1-4-16(8-14)26-11-13(7-18(26)27)19(28)25-6-2-5-17(12-25)29-20-23-9-15(22)10-24-20/h1,3-4,8-10,13,17H,2,5-7,11-12H2. The highest BCUT2D eigenvalue weighted by molar-refractivity contribution is 9.10. The average Bonchev–Trinajstić information content (AvgIpc) is 3.11. The van der Waals surface area contributed by atoms with E-state index in [4.69, 9.17) is 16.3 Å². The first-order chi connectivity index (χ1) is 14.0. The predicted molar refractivity (Wildman–Crippen MR) is 112 cm³/mol. The fourth-order valence-electron chi connectivity index (χ4n) is 3.77. The molecule has 0 N–H and O–H groups in total. The van der Waals surface area contributed by atoms with Gasteiger partial charge < -0.3 is 14.5 Å². The minimum absolute atomic E-state index is 0.00108. The third-order valence-electron chi connectivity index (χ3n) is 5.15. The van der Waals surface area contributed by atoms with Crippen LogP contribution in [0.1, 0.15) is 19.3 Å². The predicted octanol–water partition coefficient (Wildman–Crippen LogP) is 3.32. The van der Waals surface area contributed by atoms with E-state index in [9.17, 15) is 9.59 Å². The first kappa shape index (κ1) is 20.1. The van der Waals surface area contributed by atoms with Crippen molar-refractivity contribution in [2.24, 2.45) is 5.92 Å². The van der Waals surface area contributed by atoms with Gasteiger partial charge in [0.15, 0.2) is 0 Å². The number of carbonyl (C=O) groups excluding carboxylic acids is 2. The zero-order valence-electron chi connectivity index (χ0n) is 15.6. The van der Waals surface area contributed by atoms with Crippen LogP contribution in [0.4, 0.5) is 5.69 Å². The maximum Gasteiger partial charge on any atom is 0.316 e. The molecule has 2 fully saturated rings. The molecule has 7 nitrogen and oxygen atoms in total. The molecule has 2 aliphatic rings. The summed E-state index contributed by atoms with van der Waals surface area (Å²) in [6.45, 7) is 1.53. The fourth-order valence-corrected chi connectivity index (χ4v) is 4.25. The third kappa shape index (κ3) is 4.70. The molecule has 152 valence electrons. The van der Waals surface area contributed by atoms with Gasteiger partial charge in [-0.15, -0.1) is 0 Å². The Hall–Kier alpha value is -2.19. The van der Waals surface area contributed by atoms with E-state index in [-0.39, 0.29) is 36.3 Å². The normalized spacial score (nSPS) is 22.1. The molecule has 2 atom stereocenters. The molecule has 2 aromatic rings. The van der Waals surface area contributed by atoms with Gasteiger partial charge in [-0.2, -0.15) is 0 Å². The lowest BCUT2D eigenvalue weighted by atomic mass is 10.0. The molecule has 2 unspecified atom stereocenters. The van der Waals surface area contributed by atoms with Crippen LogP contribution in [-0.2, 0) is 9.59 Å². The zero-order chi connectivity index (χ0) is 20.4. The van der Waals surface area contributed by atoms with Gasteiger partial charge >= 0.3 is 6.01 Å². The van der Waals surface area contributed by atoms with Gasteiger partial charge in [0.05, 0.1) is 29.9 Å². The summed E-state index contributed by atoms with van der Waals surface area (Å²) in [7, 11) is 0. The van der Waals surface area contributed by atoms with Gasteiger partial charge in [0.2, 0.25) is 11.8 Å². The number of aromatic nitrogens is 2. The van der Waals surface area contributed by atoms with Crippen LogP contribution in [0.15, 0.2) is 41.1 Å². The molecule has 2 saturated heterocycles. The SMILES string of the molecule is O=C(C1CC(=O)N(c2cccc(Br)c2)C1)N1CCCC(Oc2ncc(Cl)cn2)C1. The smallest absolute Gasteiger partial charge is 0.316 e. The second-order valence-corrected chi connectivity index (χ2v) is 8.59. The van der Waals surface area contributed by atoms with E-state index in [1.165, 1.54) is 12.4 Å². The lowest BCUT2D eigenvalue weighted by Crippen LogP contribution is -2.47. The molecule has 29 heavy (non-hydrogen) atoms. The van der Waals surface area contributed by atoms with Crippen LogP contribution in [0, 0.1) is 5.92 Å². The number of amides is 2. The van der Waals surface area contributed by atoms with Crippen molar-refractivity contribution in [1.29, 1.82) is 0 Å². The zero-order valence-corrected chi connectivity index (χ0v) is 18.0. The molecule has 0 radical (unpaired) electrons. The van der Waals surface area contributed by atoms with Crippen molar-refractivity contribution in [3.05, 3.63) is 46.2 Å². The van der Waals surface area contributed by atoms with Crippen molar-refractivity contribution >= 4 is 45.0 Å². The highest BCUT2D eigenvalue weighted by Crippen LogP contribution is 2.29.